The molecule has 1 aliphatic rings. The van der Waals surface area contributed by atoms with Gasteiger partial charge in [-0.05, 0) is 49.8 Å². The van der Waals surface area contributed by atoms with Gasteiger partial charge in [0.15, 0.2) is 6.10 Å². The highest BCUT2D eigenvalue weighted by Crippen LogP contribution is 2.36. The fraction of sp³-hybridized carbons (Fsp3) is 0.200. The molecule has 3 rings (SSSR count). The van der Waals surface area contributed by atoms with Crippen molar-refractivity contribution in [2.24, 2.45) is 0 Å². The third-order valence-corrected chi connectivity index (χ3v) is 4.28. The number of hydrogen-bond donors (Lipinski definition) is 1. The maximum absolute atomic E-state index is 12.2. The van der Waals surface area contributed by atoms with Crippen LogP contribution in [-0.4, -0.2) is 29.4 Å². The summed E-state index contributed by atoms with van der Waals surface area (Å²) in [6, 6.07) is 11.0. The predicted molar refractivity (Wildman–Crippen MR) is 105 cm³/mol. The summed E-state index contributed by atoms with van der Waals surface area (Å²) in [6.45, 7) is 4.10. The molecule has 28 heavy (non-hydrogen) atoms. The zero-order valence-corrected chi connectivity index (χ0v) is 15.4. The van der Waals surface area contributed by atoms with Gasteiger partial charge in [0.25, 0.3) is 11.6 Å². The molecular formula is C20H19N3O5. The molecule has 8 nitrogen and oxygen atoms in total. The number of anilines is 2. The van der Waals surface area contributed by atoms with Crippen molar-refractivity contribution in [1.29, 1.82) is 0 Å². The number of amides is 2. The highest BCUT2D eigenvalue weighted by Gasteiger charge is 2.30. The number of ether oxygens (including phenoxy) is 1. The first kappa shape index (κ1) is 19.1. The lowest BCUT2D eigenvalue weighted by Crippen LogP contribution is -2.44. The van der Waals surface area contributed by atoms with Gasteiger partial charge in [-0.3, -0.25) is 19.7 Å². The number of fused-ring (bicyclic) bond motifs is 1. The molecule has 1 N–H and O–H groups in total. The Labute approximate surface area is 161 Å². The molecule has 1 atom stereocenters. The molecule has 2 aromatic carbocycles. The number of carbonyl (C=O) groups excluding carboxylic acids is 2. The summed E-state index contributed by atoms with van der Waals surface area (Å²) in [5.41, 5.74) is 1.87. The van der Waals surface area contributed by atoms with Crippen LogP contribution in [0.25, 0.3) is 6.08 Å². The van der Waals surface area contributed by atoms with Crippen molar-refractivity contribution in [3.63, 3.8) is 0 Å². The zero-order valence-electron chi connectivity index (χ0n) is 15.4. The highest BCUT2D eigenvalue weighted by molar-refractivity contribution is 6.03. The van der Waals surface area contributed by atoms with Gasteiger partial charge >= 0.3 is 0 Å². The number of nitrogens with one attached hydrogen (secondary N) is 1. The van der Waals surface area contributed by atoms with Crippen LogP contribution in [0.4, 0.5) is 17.1 Å². The van der Waals surface area contributed by atoms with E-state index in [1.165, 1.54) is 18.2 Å². The molecule has 0 aromatic heterocycles. The van der Waals surface area contributed by atoms with E-state index in [4.69, 9.17) is 4.74 Å². The monoisotopic (exact) mass is 381 g/mol. The molecule has 2 aromatic rings. The lowest BCUT2D eigenvalue weighted by molar-refractivity contribution is -0.384. The molecule has 8 heteroatoms. The molecule has 1 aliphatic heterocycles. The first-order valence-electron chi connectivity index (χ1n) is 8.74. The second-order valence-corrected chi connectivity index (χ2v) is 6.20. The summed E-state index contributed by atoms with van der Waals surface area (Å²) in [7, 11) is 0. The van der Waals surface area contributed by atoms with Crippen LogP contribution >= 0.6 is 0 Å². The van der Waals surface area contributed by atoms with Crippen LogP contribution in [0.15, 0.2) is 48.5 Å². The third kappa shape index (κ3) is 4.01. The lowest BCUT2D eigenvalue weighted by Gasteiger charge is -2.32. The third-order valence-electron chi connectivity index (χ3n) is 4.28. The van der Waals surface area contributed by atoms with Gasteiger partial charge in [0.05, 0.1) is 10.6 Å². The van der Waals surface area contributed by atoms with Gasteiger partial charge in [-0.2, -0.15) is 0 Å². The van der Waals surface area contributed by atoms with Gasteiger partial charge < -0.3 is 15.0 Å². The highest BCUT2D eigenvalue weighted by atomic mass is 16.6. The van der Waals surface area contributed by atoms with E-state index < -0.39 is 11.0 Å². The maximum Gasteiger partial charge on any atom is 0.269 e. The SMILES string of the molecule is CCN1C(=O)C(C)Oc2cc(NC(=O)/C=C/c3ccc([N+](=O)[O-])cc3)ccc21. The van der Waals surface area contributed by atoms with E-state index >= 15 is 0 Å². The van der Waals surface area contributed by atoms with Gasteiger partial charge in [0.1, 0.15) is 5.75 Å². The molecule has 0 radical (unpaired) electrons. The summed E-state index contributed by atoms with van der Waals surface area (Å²) >= 11 is 0. The zero-order chi connectivity index (χ0) is 20.3. The predicted octanol–water partition coefficient (Wildman–Crippen LogP) is 3.38. The van der Waals surface area contributed by atoms with Crippen molar-refractivity contribution in [3.05, 3.63) is 64.2 Å². The van der Waals surface area contributed by atoms with Crippen LogP contribution in [0, 0.1) is 10.1 Å². The molecule has 2 amide bonds. The summed E-state index contributed by atoms with van der Waals surface area (Å²) < 4.78 is 5.64. The number of nitro groups is 1. The Kier molecular flexibility index (Phi) is 5.39. The molecule has 1 heterocycles. The first-order valence-corrected chi connectivity index (χ1v) is 8.74. The number of nitrogens with zero attached hydrogens (tertiary/aromatic N) is 2. The largest absolute Gasteiger partial charge is 0.479 e. The number of hydrogen-bond acceptors (Lipinski definition) is 5. The molecule has 0 aliphatic carbocycles. The van der Waals surface area contributed by atoms with Crippen LogP contribution in [0.2, 0.25) is 0 Å². The number of likely N-dealkylation sites (N-methyl/N-ethyl adjacent to an activating group) is 1. The van der Waals surface area contributed by atoms with E-state index in [0.29, 0.717) is 29.2 Å². The van der Waals surface area contributed by atoms with Gasteiger partial charge in [0.2, 0.25) is 5.91 Å². The smallest absolute Gasteiger partial charge is 0.269 e. The van der Waals surface area contributed by atoms with Crippen molar-refractivity contribution in [1.82, 2.24) is 0 Å². The van der Waals surface area contributed by atoms with Crippen molar-refractivity contribution in [2.75, 3.05) is 16.8 Å². The second-order valence-electron chi connectivity index (χ2n) is 6.20. The van der Waals surface area contributed by atoms with Gasteiger partial charge in [-0.25, -0.2) is 0 Å². The Morgan fingerprint density at radius 2 is 2.00 bits per heavy atom. The topological polar surface area (TPSA) is 102 Å². The van der Waals surface area contributed by atoms with Crippen molar-refractivity contribution >= 4 is 35.0 Å². The summed E-state index contributed by atoms with van der Waals surface area (Å²) in [6.07, 6.45) is 2.32. The number of rotatable bonds is 5. The minimum atomic E-state index is -0.583. The van der Waals surface area contributed by atoms with Gasteiger partial charge in [-0.15, -0.1) is 0 Å². The average Bonchev–Trinajstić information content (AvgIpc) is 2.68. The summed E-state index contributed by atoms with van der Waals surface area (Å²) in [5, 5.41) is 13.4. The van der Waals surface area contributed by atoms with E-state index in [1.54, 1.807) is 48.2 Å². The Morgan fingerprint density at radius 3 is 2.64 bits per heavy atom. The minimum Gasteiger partial charge on any atom is -0.479 e. The first-order chi connectivity index (χ1) is 13.4. The minimum absolute atomic E-state index is 0.00973. The Hall–Kier alpha value is -3.68. The standard InChI is InChI=1S/C20H19N3O5/c1-3-22-17-10-7-15(12-18(17)28-13(2)20(22)25)21-19(24)11-6-14-4-8-16(9-5-14)23(26)27/h4-13H,3H2,1-2H3,(H,21,24)/b11-6+. The summed E-state index contributed by atoms with van der Waals surface area (Å²) in [4.78, 5) is 36.1. The number of carbonyl (C=O) groups is 2. The normalized spacial score (nSPS) is 15.9. The van der Waals surface area contributed by atoms with Crippen LogP contribution in [0.3, 0.4) is 0 Å². The van der Waals surface area contributed by atoms with Crippen molar-refractivity contribution in [2.45, 2.75) is 20.0 Å². The Morgan fingerprint density at radius 1 is 1.29 bits per heavy atom. The lowest BCUT2D eigenvalue weighted by atomic mass is 10.1. The molecule has 1 unspecified atom stereocenters. The van der Waals surface area contributed by atoms with Gasteiger partial charge in [-0.1, -0.05) is 0 Å². The molecule has 0 fully saturated rings. The maximum atomic E-state index is 12.2. The van der Waals surface area contributed by atoms with Crippen LogP contribution in [-0.2, 0) is 9.59 Å². The molecule has 0 bridgehead atoms. The van der Waals surface area contributed by atoms with E-state index in [2.05, 4.69) is 5.32 Å². The average molecular weight is 381 g/mol. The van der Waals surface area contributed by atoms with Crippen molar-refractivity contribution < 1.29 is 19.2 Å². The second kappa shape index (κ2) is 7.91. The molecule has 144 valence electrons. The Balaban J connectivity index is 1.70. The van der Waals surface area contributed by atoms with Crippen LogP contribution < -0.4 is 15.0 Å². The molecular weight excluding hydrogens is 362 g/mol. The van der Waals surface area contributed by atoms with E-state index in [9.17, 15) is 19.7 Å². The molecule has 0 saturated carbocycles. The van der Waals surface area contributed by atoms with Crippen molar-refractivity contribution in [3.8, 4) is 5.75 Å². The molecule has 0 spiro atoms. The van der Waals surface area contributed by atoms with E-state index in [0.717, 1.165) is 0 Å². The fourth-order valence-electron chi connectivity index (χ4n) is 2.88. The van der Waals surface area contributed by atoms with E-state index in [-0.39, 0.29) is 17.5 Å². The van der Waals surface area contributed by atoms with Gasteiger partial charge in [0, 0.05) is 36.5 Å². The quantitative estimate of drug-likeness (QED) is 0.486. The number of benzene rings is 2. The number of nitro benzene ring substituents is 1. The van der Waals surface area contributed by atoms with Crippen LogP contribution in [0.1, 0.15) is 19.4 Å². The fourth-order valence-corrected chi connectivity index (χ4v) is 2.88. The number of non-ortho nitro benzene ring substituents is 1. The molecule has 0 saturated heterocycles. The Bertz CT molecular complexity index is 953. The van der Waals surface area contributed by atoms with Crippen LogP contribution in [0.5, 0.6) is 5.75 Å². The summed E-state index contributed by atoms with van der Waals surface area (Å²) in [5.74, 6) is 0.0782. The van der Waals surface area contributed by atoms with E-state index in [1.807, 2.05) is 6.92 Å².